The lowest BCUT2D eigenvalue weighted by molar-refractivity contribution is -0.117. The quantitative estimate of drug-likeness (QED) is 0.896. The summed E-state index contributed by atoms with van der Waals surface area (Å²) in [7, 11) is 0. The van der Waals surface area contributed by atoms with Gasteiger partial charge in [-0.25, -0.2) is 0 Å². The molecule has 19 heavy (non-hydrogen) atoms. The van der Waals surface area contributed by atoms with E-state index >= 15 is 0 Å². The number of thioether (sulfide) groups is 1. The normalized spacial score (nSPS) is 19.2. The van der Waals surface area contributed by atoms with Gasteiger partial charge in [-0.15, -0.1) is 0 Å². The van der Waals surface area contributed by atoms with Crippen LogP contribution in [-0.2, 0) is 16.0 Å². The van der Waals surface area contributed by atoms with Crippen LogP contribution in [0.15, 0.2) is 6.07 Å². The Morgan fingerprint density at radius 3 is 3.11 bits per heavy atom. The van der Waals surface area contributed by atoms with Gasteiger partial charge in [-0.1, -0.05) is 25.1 Å². The van der Waals surface area contributed by atoms with Crippen molar-refractivity contribution < 1.29 is 9.59 Å². The van der Waals surface area contributed by atoms with E-state index in [2.05, 4.69) is 17.1 Å². The summed E-state index contributed by atoms with van der Waals surface area (Å²) in [5.41, 5.74) is 1.06. The summed E-state index contributed by atoms with van der Waals surface area (Å²) in [5.74, 6) is 1.77. The number of nitrogens with zero attached hydrogens (tertiary/aromatic N) is 2. The number of aromatic nitrogens is 2. The highest BCUT2D eigenvalue weighted by molar-refractivity contribution is 8.13. The van der Waals surface area contributed by atoms with Gasteiger partial charge in [0.2, 0.25) is 5.91 Å². The summed E-state index contributed by atoms with van der Waals surface area (Å²) in [4.78, 5) is 24.7. The van der Waals surface area contributed by atoms with Crippen LogP contribution in [0.5, 0.6) is 0 Å². The van der Waals surface area contributed by atoms with E-state index in [0.717, 1.165) is 18.5 Å². The molecular formula is C13H19N3O2S. The van der Waals surface area contributed by atoms with Crippen molar-refractivity contribution in [3.8, 4) is 0 Å². The van der Waals surface area contributed by atoms with E-state index in [1.807, 2.05) is 6.07 Å². The van der Waals surface area contributed by atoms with Crippen LogP contribution >= 0.6 is 11.8 Å². The minimum Gasteiger partial charge on any atom is -0.295 e. The van der Waals surface area contributed by atoms with E-state index in [0.29, 0.717) is 24.5 Å². The molecule has 1 N–H and O–H groups in total. The molecule has 1 aromatic heterocycles. The van der Waals surface area contributed by atoms with Crippen LogP contribution in [0.1, 0.15) is 32.4 Å². The maximum absolute atomic E-state index is 12.0. The minimum atomic E-state index is 0.101. The van der Waals surface area contributed by atoms with E-state index in [1.54, 1.807) is 11.8 Å². The van der Waals surface area contributed by atoms with E-state index in [9.17, 15) is 9.59 Å². The van der Waals surface area contributed by atoms with Crippen molar-refractivity contribution >= 4 is 28.6 Å². The molecule has 5 nitrogen and oxygen atoms in total. The molecule has 1 atom stereocenters. The highest BCUT2D eigenvalue weighted by atomic mass is 32.2. The first-order valence-corrected chi connectivity index (χ1v) is 7.56. The van der Waals surface area contributed by atoms with Gasteiger partial charge in [0.1, 0.15) is 0 Å². The van der Waals surface area contributed by atoms with Crippen LogP contribution in [0, 0.1) is 5.92 Å². The Hall–Kier alpha value is -1.30. The molecule has 1 aromatic rings. The highest BCUT2D eigenvalue weighted by Crippen LogP contribution is 2.26. The molecule has 6 heteroatoms. The average Bonchev–Trinajstić information content (AvgIpc) is 2.94. The third-order valence-electron chi connectivity index (χ3n) is 3.14. The molecule has 0 saturated carbocycles. The predicted molar refractivity (Wildman–Crippen MR) is 76.2 cm³/mol. The second-order valence-corrected chi connectivity index (χ2v) is 6.08. The lowest BCUT2D eigenvalue weighted by Gasteiger charge is -2.12. The third-order valence-corrected chi connectivity index (χ3v) is 4.19. The van der Waals surface area contributed by atoms with Crippen molar-refractivity contribution in [3.63, 3.8) is 0 Å². The Bertz CT molecular complexity index is 472. The van der Waals surface area contributed by atoms with Crippen molar-refractivity contribution in [2.75, 3.05) is 17.2 Å². The smallest absolute Gasteiger partial charge is 0.228 e. The maximum atomic E-state index is 12.0. The second kappa shape index (κ2) is 6.23. The molecule has 0 aliphatic carbocycles. The predicted octanol–water partition coefficient (Wildman–Crippen LogP) is 1.99. The average molecular weight is 281 g/mol. The van der Waals surface area contributed by atoms with Gasteiger partial charge in [-0.2, -0.15) is 5.10 Å². The zero-order chi connectivity index (χ0) is 13.8. The van der Waals surface area contributed by atoms with E-state index < -0.39 is 0 Å². The lowest BCUT2D eigenvalue weighted by Crippen LogP contribution is -2.25. The number of nitrogens with one attached hydrogen (secondary N) is 1. The van der Waals surface area contributed by atoms with Crippen LogP contribution in [0.3, 0.4) is 0 Å². The lowest BCUT2D eigenvalue weighted by atomic mass is 10.1. The summed E-state index contributed by atoms with van der Waals surface area (Å²) < 4.78 is 0. The SMILES string of the molecule is CCCc1cc(N2CC(CSC(C)=O)CC2=O)n[nH]1. The largest absolute Gasteiger partial charge is 0.295 e. The Kier molecular flexibility index (Phi) is 4.63. The molecule has 1 aliphatic heterocycles. The number of aromatic amines is 1. The fourth-order valence-electron chi connectivity index (χ4n) is 2.23. The molecule has 104 valence electrons. The van der Waals surface area contributed by atoms with Gasteiger partial charge < -0.3 is 0 Å². The van der Waals surface area contributed by atoms with Gasteiger partial charge in [-0.3, -0.25) is 19.6 Å². The maximum Gasteiger partial charge on any atom is 0.228 e. The van der Waals surface area contributed by atoms with Crippen molar-refractivity contribution in [1.82, 2.24) is 10.2 Å². The number of H-pyrrole nitrogens is 1. The van der Waals surface area contributed by atoms with Crippen LogP contribution < -0.4 is 4.90 Å². The number of rotatable bonds is 5. The van der Waals surface area contributed by atoms with Gasteiger partial charge >= 0.3 is 0 Å². The molecule has 1 fully saturated rings. The third kappa shape index (κ3) is 3.59. The monoisotopic (exact) mass is 281 g/mol. The summed E-state index contributed by atoms with van der Waals surface area (Å²) in [6, 6.07) is 1.95. The molecule has 0 radical (unpaired) electrons. The molecule has 0 aromatic carbocycles. The summed E-state index contributed by atoms with van der Waals surface area (Å²) in [5, 5.41) is 7.28. The Morgan fingerprint density at radius 2 is 2.42 bits per heavy atom. The van der Waals surface area contributed by atoms with Gasteiger partial charge in [0.25, 0.3) is 0 Å². The van der Waals surface area contributed by atoms with Crippen LogP contribution in [0.4, 0.5) is 5.82 Å². The number of amides is 1. The van der Waals surface area contributed by atoms with Crippen LogP contribution in [0.25, 0.3) is 0 Å². The summed E-state index contributed by atoms with van der Waals surface area (Å²) in [6.45, 7) is 4.33. The zero-order valence-electron chi connectivity index (χ0n) is 11.3. The van der Waals surface area contributed by atoms with Gasteiger partial charge in [0, 0.05) is 37.4 Å². The number of anilines is 1. The Morgan fingerprint density at radius 1 is 1.63 bits per heavy atom. The van der Waals surface area contributed by atoms with Crippen molar-refractivity contribution in [2.45, 2.75) is 33.1 Å². The first-order valence-electron chi connectivity index (χ1n) is 6.58. The van der Waals surface area contributed by atoms with Gasteiger partial charge in [0.15, 0.2) is 10.9 Å². The molecule has 0 spiro atoms. The summed E-state index contributed by atoms with van der Waals surface area (Å²) >= 11 is 1.30. The van der Waals surface area contributed by atoms with Gasteiger partial charge in [-0.05, 0) is 12.3 Å². The molecule has 2 heterocycles. The first-order chi connectivity index (χ1) is 9.10. The van der Waals surface area contributed by atoms with E-state index in [-0.39, 0.29) is 16.9 Å². The van der Waals surface area contributed by atoms with Crippen molar-refractivity contribution in [2.24, 2.45) is 5.92 Å². The van der Waals surface area contributed by atoms with Crippen molar-refractivity contribution in [3.05, 3.63) is 11.8 Å². The molecular weight excluding hydrogens is 262 g/mol. The first kappa shape index (κ1) is 14.1. The molecule has 1 amide bonds. The molecule has 1 saturated heterocycles. The number of carbonyl (C=O) groups is 2. The van der Waals surface area contributed by atoms with Crippen LogP contribution in [0.2, 0.25) is 0 Å². The zero-order valence-corrected chi connectivity index (χ0v) is 12.1. The number of carbonyl (C=O) groups excluding carboxylic acids is 2. The second-order valence-electron chi connectivity index (χ2n) is 4.88. The number of aryl methyl sites for hydroxylation is 1. The fourth-order valence-corrected chi connectivity index (χ4v) is 2.93. The van der Waals surface area contributed by atoms with Gasteiger partial charge in [0.05, 0.1) is 0 Å². The fraction of sp³-hybridized carbons (Fsp3) is 0.615. The highest BCUT2D eigenvalue weighted by Gasteiger charge is 2.32. The van der Waals surface area contributed by atoms with Crippen molar-refractivity contribution in [1.29, 1.82) is 0 Å². The molecule has 2 rings (SSSR count). The summed E-state index contributed by atoms with van der Waals surface area (Å²) in [6.07, 6.45) is 2.50. The minimum absolute atomic E-state index is 0.101. The number of hydrogen-bond acceptors (Lipinski definition) is 4. The topological polar surface area (TPSA) is 66.1 Å². The Labute approximate surface area is 117 Å². The molecule has 1 unspecified atom stereocenters. The van der Waals surface area contributed by atoms with Crippen LogP contribution in [-0.4, -0.2) is 33.5 Å². The number of hydrogen-bond donors (Lipinski definition) is 1. The standard InChI is InChI=1S/C13H19N3O2S/c1-3-4-11-6-12(15-14-11)16-7-10(5-13(16)18)8-19-9(2)17/h6,10H,3-5,7-8H2,1-2H3,(H,14,15). The van der Waals surface area contributed by atoms with E-state index in [1.165, 1.54) is 11.8 Å². The molecule has 1 aliphatic rings. The Balaban J connectivity index is 1.96. The molecule has 0 bridgehead atoms. The van der Waals surface area contributed by atoms with E-state index in [4.69, 9.17) is 0 Å².